The van der Waals surface area contributed by atoms with Crippen LogP contribution in [-0.4, -0.2) is 0 Å². The van der Waals surface area contributed by atoms with Crippen LogP contribution < -0.4 is 24.0 Å². The van der Waals surface area contributed by atoms with Gasteiger partial charge in [-0.3, -0.25) is 0 Å². The second-order valence-corrected chi connectivity index (χ2v) is 6.75. The Morgan fingerprint density at radius 1 is 1.05 bits per heavy atom. The lowest BCUT2D eigenvalue weighted by Gasteiger charge is -2.00. The first-order chi connectivity index (χ1) is 9.04. The molecule has 112 valence electrons. The van der Waals surface area contributed by atoms with Crippen LogP contribution in [0.3, 0.4) is 0 Å². The van der Waals surface area contributed by atoms with Gasteiger partial charge in [-0.15, -0.1) is 13.2 Å². The highest BCUT2D eigenvalue weighted by Crippen LogP contribution is 2.51. The number of benzene rings is 1. The third kappa shape index (κ3) is 4.10. The summed E-state index contributed by atoms with van der Waals surface area (Å²) in [5, 5.41) is 0.744. The van der Waals surface area contributed by atoms with Crippen LogP contribution in [0.5, 0.6) is 0 Å². The van der Waals surface area contributed by atoms with E-state index in [2.05, 4.69) is 6.92 Å². The molecular formula is C15H18F3IS. The topological polar surface area (TPSA) is 0 Å². The molecule has 0 amide bonds. The summed E-state index contributed by atoms with van der Waals surface area (Å²) in [5.41, 5.74) is -4.15. The quantitative estimate of drug-likeness (QED) is 0.401. The lowest BCUT2D eigenvalue weighted by Crippen LogP contribution is -3.00. The molecule has 0 nitrogen and oxygen atoms in total. The van der Waals surface area contributed by atoms with Crippen molar-refractivity contribution in [1.82, 2.24) is 0 Å². The SMILES string of the molecule is CCCCCCc1cc2ccccc2[s+]1C(F)(F)F.[I-]. The van der Waals surface area contributed by atoms with Gasteiger partial charge in [0.05, 0.1) is 10.5 Å². The van der Waals surface area contributed by atoms with Gasteiger partial charge in [0.1, 0.15) is 0 Å². The summed E-state index contributed by atoms with van der Waals surface area (Å²) in [6.45, 7) is 2.10. The number of rotatable bonds is 5. The molecule has 1 aromatic heterocycles. The van der Waals surface area contributed by atoms with E-state index in [0.717, 1.165) is 31.1 Å². The molecule has 0 fully saturated rings. The second-order valence-electron chi connectivity index (χ2n) is 4.71. The Hall–Kier alpha value is -0.300. The van der Waals surface area contributed by atoms with E-state index in [4.69, 9.17) is 0 Å². The first-order valence-electron chi connectivity index (χ1n) is 6.64. The molecule has 0 N–H and O–H groups in total. The summed E-state index contributed by atoms with van der Waals surface area (Å²) < 4.78 is 40.2. The standard InChI is InChI=1S/C15H18F3S.HI/c1-2-3-4-5-9-13-11-12-8-6-7-10-14(12)19(13)15(16,17)18;/h6-8,10-11H,2-5,9H2,1H3;1H/q+1;/p-1. The van der Waals surface area contributed by atoms with E-state index < -0.39 is 16.0 Å². The number of aryl methyl sites for hydroxylation is 1. The fourth-order valence-corrected chi connectivity index (χ4v) is 4.33. The molecule has 0 saturated carbocycles. The highest BCUT2D eigenvalue weighted by molar-refractivity contribution is 7.38. The number of hydrogen-bond donors (Lipinski definition) is 0. The molecular weight excluding hydrogens is 396 g/mol. The van der Waals surface area contributed by atoms with Gasteiger partial charge >= 0.3 is 5.51 Å². The maximum absolute atomic E-state index is 13.2. The zero-order valence-electron chi connectivity index (χ0n) is 11.3. The van der Waals surface area contributed by atoms with Crippen molar-refractivity contribution >= 4 is 20.6 Å². The van der Waals surface area contributed by atoms with Crippen molar-refractivity contribution in [3.63, 3.8) is 0 Å². The molecule has 5 heteroatoms. The number of fused-ring (bicyclic) bond motifs is 1. The van der Waals surface area contributed by atoms with Crippen LogP contribution in [0, 0.1) is 0 Å². The van der Waals surface area contributed by atoms with Crippen LogP contribution in [-0.2, 0) is 11.9 Å². The summed E-state index contributed by atoms with van der Waals surface area (Å²) in [6.07, 6.45) is 4.63. The monoisotopic (exact) mass is 414 g/mol. The van der Waals surface area contributed by atoms with Crippen LogP contribution in [0.2, 0.25) is 0 Å². The summed E-state index contributed by atoms with van der Waals surface area (Å²) in [6, 6.07) is 8.63. The van der Waals surface area contributed by atoms with Crippen molar-refractivity contribution in [3.05, 3.63) is 35.2 Å². The first kappa shape index (κ1) is 17.8. The van der Waals surface area contributed by atoms with Crippen molar-refractivity contribution in [3.8, 4) is 0 Å². The molecule has 0 bridgehead atoms. The normalized spacial score (nSPS) is 12.5. The van der Waals surface area contributed by atoms with E-state index in [1.165, 1.54) is 0 Å². The minimum atomic E-state index is -4.15. The average Bonchev–Trinajstić information content (AvgIpc) is 2.72. The van der Waals surface area contributed by atoms with Crippen LogP contribution in [0.1, 0.15) is 37.5 Å². The van der Waals surface area contributed by atoms with Crippen molar-refractivity contribution in [1.29, 1.82) is 0 Å². The molecule has 0 saturated heterocycles. The molecule has 2 rings (SSSR count). The zero-order valence-corrected chi connectivity index (χ0v) is 14.3. The van der Waals surface area contributed by atoms with Crippen molar-refractivity contribution in [2.75, 3.05) is 0 Å². The van der Waals surface area contributed by atoms with Gasteiger partial charge in [-0.1, -0.05) is 38.3 Å². The molecule has 1 unspecified atom stereocenters. The molecule has 0 aliphatic carbocycles. The molecule has 1 heterocycles. The van der Waals surface area contributed by atoms with Gasteiger partial charge in [0, 0.05) is 17.9 Å². The van der Waals surface area contributed by atoms with Gasteiger partial charge in [0.2, 0.25) is 0 Å². The summed E-state index contributed by atoms with van der Waals surface area (Å²) in [7, 11) is -1.70. The Morgan fingerprint density at radius 2 is 1.75 bits per heavy atom. The number of halogens is 4. The van der Waals surface area contributed by atoms with Crippen molar-refractivity contribution in [2.24, 2.45) is 0 Å². The predicted octanol–water partition coefficient (Wildman–Crippen LogP) is 3.19. The maximum atomic E-state index is 13.2. The smallest absolute Gasteiger partial charge is 0.600 e. The highest BCUT2D eigenvalue weighted by atomic mass is 127. The summed E-state index contributed by atoms with van der Waals surface area (Å²) in [4.78, 5) is 0.560. The van der Waals surface area contributed by atoms with Crippen LogP contribution in [0.4, 0.5) is 13.2 Å². The van der Waals surface area contributed by atoms with E-state index in [0.29, 0.717) is 16.0 Å². The second kappa shape index (κ2) is 7.64. The minimum absolute atomic E-state index is 0. The van der Waals surface area contributed by atoms with Crippen molar-refractivity contribution < 1.29 is 37.1 Å². The van der Waals surface area contributed by atoms with E-state index in [-0.39, 0.29) is 24.0 Å². The molecule has 0 aliphatic rings. The largest absolute Gasteiger partial charge is 1.00 e. The Bertz CT molecular complexity index is 546. The Balaban J connectivity index is 0.00000200. The van der Waals surface area contributed by atoms with E-state index in [1.54, 1.807) is 30.3 Å². The van der Waals surface area contributed by atoms with Gasteiger partial charge in [-0.25, -0.2) is 0 Å². The highest BCUT2D eigenvalue weighted by Gasteiger charge is 2.47. The van der Waals surface area contributed by atoms with Crippen molar-refractivity contribution in [2.45, 2.75) is 44.5 Å². The van der Waals surface area contributed by atoms with E-state index in [1.807, 2.05) is 0 Å². The molecule has 1 aromatic carbocycles. The lowest BCUT2D eigenvalue weighted by molar-refractivity contribution is -0.0867. The van der Waals surface area contributed by atoms with Gasteiger partial charge < -0.3 is 24.0 Å². The molecule has 0 aliphatic heterocycles. The van der Waals surface area contributed by atoms with Crippen LogP contribution in [0.15, 0.2) is 30.3 Å². The fraction of sp³-hybridized carbons (Fsp3) is 0.467. The third-order valence-electron chi connectivity index (χ3n) is 3.23. The third-order valence-corrected chi connectivity index (χ3v) is 5.35. The van der Waals surface area contributed by atoms with Gasteiger partial charge in [0.25, 0.3) is 0 Å². The molecule has 2 aromatic rings. The Morgan fingerprint density at radius 3 is 2.40 bits per heavy atom. The van der Waals surface area contributed by atoms with Gasteiger partial charge in [-0.2, -0.15) is 0 Å². The van der Waals surface area contributed by atoms with Gasteiger partial charge in [0.15, 0.2) is 9.58 Å². The Labute approximate surface area is 137 Å². The number of alkyl halides is 3. The van der Waals surface area contributed by atoms with E-state index in [9.17, 15) is 13.2 Å². The van der Waals surface area contributed by atoms with Crippen LogP contribution >= 0.6 is 10.5 Å². The first-order valence-corrected chi connectivity index (χ1v) is 7.87. The predicted molar refractivity (Wildman–Crippen MR) is 75.6 cm³/mol. The molecule has 1 atom stereocenters. The number of hydrogen-bond acceptors (Lipinski definition) is 0. The minimum Gasteiger partial charge on any atom is -1.00 e. The number of unbranched alkanes of at least 4 members (excludes halogenated alkanes) is 3. The zero-order chi connectivity index (χ0) is 13.9. The molecule has 0 radical (unpaired) electrons. The Kier molecular flexibility index (Phi) is 6.78. The van der Waals surface area contributed by atoms with Gasteiger partial charge in [-0.05, 0) is 18.6 Å². The fourth-order valence-electron chi connectivity index (χ4n) is 2.33. The molecule has 0 spiro atoms. The number of thiophene rings is 1. The molecule has 20 heavy (non-hydrogen) atoms. The van der Waals surface area contributed by atoms with Crippen LogP contribution in [0.25, 0.3) is 10.1 Å². The maximum Gasteiger partial charge on any atom is 0.600 e. The lowest BCUT2D eigenvalue weighted by atomic mass is 10.1. The summed E-state index contributed by atoms with van der Waals surface area (Å²) >= 11 is 0. The summed E-state index contributed by atoms with van der Waals surface area (Å²) in [5.74, 6) is 0. The average molecular weight is 414 g/mol. The van der Waals surface area contributed by atoms with E-state index >= 15 is 0 Å².